The van der Waals surface area contributed by atoms with Crippen LogP contribution in [0.2, 0.25) is 0 Å². The lowest BCUT2D eigenvalue weighted by Crippen LogP contribution is -2.22. The number of benzene rings is 1. The predicted molar refractivity (Wildman–Crippen MR) is 70.1 cm³/mol. The van der Waals surface area contributed by atoms with Crippen molar-refractivity contribution in [2.75, 3.05) is 0 Å². The topological polar surface area (TPSA) is 9.23 Å². The molecule has 0 aliphatic rings. The van der Waals surface area contributed by atoms with Crippen LogP contribution in [0.5, 0.6) is 5.75 Å². The van der Waals surface area contributed by atoms with Gasteiger partial charge in [0.15, 0.2) is 0 Å². The van der Waals surface area contributed by atoms with Gasteiger partial charge in [-0.3, -0.25) is 0 Å². The van der Waals surface area contributed by atoms with Crippen LogP contribution < -0.4 is 4.74 Å². The molecule has 0 atom stereocenters. The second-order valence-corrected chi connectivity index (χ2v) is 5.66. The van der Waals surface area contributed by atoms with Crippen molar-refractivity contribution in [3.8, 4) is 16.2 Å². The SMILES string of the molecule is CC(C)(C)Oc1ccc(-c2cccs2)cc1. The fourth-order valence-electron chi connectivity index (χ4n) is 1.48. The first-order chi connectivity index (χ1) is 7.54. The van der Waals surface area contributed by atoms with Gasteiger partial charge in [-0.2, -0.15) is 0 Å². The smallest absolute Gasteiger partial charge is 0.120 e. The highest BCUT2D eigenvalue weighted by Gasteiger charge is 2.11. The molecule has 0 bridgehead atoms. The molecule has 0 spiro atoms. The summed E-state index contributed by atoms with van der Waals surface area (Å²) in [6, 6.07) is 12.5. The Balaban J connectivity index is 2.17. The number of hydrogen-bond donors (Lipinski definition) is 0. The van der Waals surface area contributed by atoms with E-state index >= 15 is 0 Å². The number of ether oxygens (including phenoxy) is 1. The normalized spacial score (nSPS) is 11.4. The standard InChI is InChI=1S/C14H16OS/c1-14(2,3)15-12-8-6-11(7-9-12)13-5-4-10-16-13/h4-10H,1-3H3. The maximum Gasteiger partial charge on any atom is 0.120 e. The summed E-state index contributed by atoms with van der Waals surface area (Å²) in [7, 11) is 0. The monoisotopic (exact) mass is 232 g/mol. The van der Waals surface area contributed by atoms with Crippen LogP contribution >= 0.6 is 11.3 Å². The Hall–Kier alpha value is -1.28. The first kappa shape index (κ1) is 11.2. The summed E-state index contributed by atoms with van der Waals surface area (Å²) in [5.41, 5.74) is 1.11. The third-order valence-corrected chi connectivity index (χ3v) is 3.00. The highest BCUT2D eigenvalue weighted by molar-refractivity contribution is 7.13. The Morgan fingerprint density at radius 2 is 1.69 bits per heavy atom. The van der Waals surface area contributed by atoms with Gasteiger partial charge in [0.05, 0.1) is 0 Å². The molecule has 0 aliphatic carbocycles. The highest BCUT2D eigenvalue weighted by Crippen LogP contribution is 2.27. The molecule has 1 aromatic carbocycles. The van der Waals surface area contributed by atoms with Gasteiger partial charge in [-0.05, 0) is 62.0 Å². The first-order valence-electron chi connectivity index (χ1n) is 5.37. The van der Waals surface area contributed by atoms with Crippen molar-refractivity contribution in [2.24, 2.45) is 0 Å². The molecule has 0 fully saturated rings. The minimum Gasteiger partial charge on any atom is -0.488 e. The van der Waals surface area contributed by atoms with Crippen molar-refractivity contribution >= 4 is 11.3 Å². The van der Waals surface area contributed by atoms with E-state index in [9.17, 15) is 0 Å². The Labute approximate surface area is 101 Å². The van der Waals surface area contributed by atoms with Crippen LogP contribution in [0.15, 0.2) is 41.8 Å². The van der Waals surface area contributed by atoms with Crippen LogP contribution in [0.3, 0.4) is 0 Å². The van der Waals surface area contributed by atoms with Gasteiger partial charge in [-0.25, -0.2) is 0 Å². The fourth-order valence-corrected chi connectivity index (χ4v) is 2.22. The van der Waals surface area contributed by atoms with E-state index in [1.807, 2.05) is 12.1 Å². The van der Waals surface area contributed by atoms with Crippen molar-refractivity contribution in [3.05, 3.63) is 41.8 Å². The zero-order valence-corrected chi connectivity index (χ0v) is 10.7. The predicted octanol–water partition coefficient (Wildman–Crippen LogP) is 4.59. The molecule has 0 saturated heterocycles. The molecule has 16 heavy (non-hydrogen) atoms. The van der Waals surface area contributed by atoms with Gasteiger partial charge in [0.25, 0.3) is 0 Å². The molecule has 2 aromatic rings. The minimum absolute atomic E-state index is 0.134. The molecular weight excluding hydrogens is 216 g/mol. The quantitative estimate of drug-likeness (QED) is 0.735. The number of thiophene rings is 1. The number of rotatable bonds is 2. The van der Waals surface area contributed by atoms with Crippen LogP contribution in [0.4, 0.5) is 0 Å². The molecule has 1 aromatic heterocycles. The van der Waals surface area contributed by atoms with Gasteiger partial charge < -0.3 is 4.74 Å². The average molecular weight is 232 g/mol. The van der Waals surface area contributed by atoms with Gasteiger partial charge >= 0.3 is 0 Å². The lowest BCUT2D eigenvalue weighted by Gasteiger charge is -2.21. The Bertz CT molecular complexity index is 435. The summed E-state index contributed by atoms with van der Waals surface area (Å²) in [4.78, 5) is 1.29. The van der Waals surface area contributed by atoms with Crippen molar-refractivity contribution in [1.29, 1.82) is 0 Å². The highest BCUT2D eigenvalue weighted by atomic mass is 32.1. The molecule has 2 rings (SSSR count). The third kappa shape index (κ3) is 2.86. The summed E-state index contributed by atoms with van der Waals surface area (Å²) in [5.74, 6) is 0.924. The molecule has 0 radical (unpaired) electrons. The van der Waals surface area contributed by atoms with Crippen LogP contribution in [-0.4, -0.2) is 5.60 Å². The van der Waals surface area contributed by atoms with Crippen LogP contribution in [-0.2, 0) is 0 Å². The van der Waals surface area contributed by atoms with E-state index in [0.717, 1.165) is 5.75 Å². The lowest BCUT2D eigenvalue weighted by molar-refractivity contribution is 0.131. The van der Waals surface area contributed by atoms with E-state index in [4.69, 9.17) is 4.74 Å². The summed E-state index contributed by atoms with van der Waals surface area (Å²) in [5, 5.41) is 2.09. The van der Waals surface area contributed by atoms with Crippen molar-refractivity contribution in [1.82, 2.24) is 0 Å². The Morgan fingerprint density at radius 3 is 2.19 bits per heavy atom. The molecule has 0 amide bonds. The van der Waals surface area contributed by atoms with E-state index < -0.39 is 0 Å². The zero-order chi connectivity index (χ0) is 11.6. The van der Waals surface area contributed by atoms with Crippen LogP contribution in [0, 0.1) is 0 Å². The summed E-state index contributed by atoms with van der Waals surface area (Å²) >= 11 is 1.75. The molecule has 1 nitrogen and oxygen atoms in total. The maximum absolute atomic E-state index is 5.78. The largest absolute Gasteiger partial charge is 0.488 e. The third-order valence-electron chi connectivity index (χ3n) is 2.08. The molecular formula is C14H16OS. The summed E-state index contributed by atoms with van der Waals surface area (Å²) in [6.45, 7) is 6.17. The van der Waals surface area contributed by atoms with E-state index in [1.165, 1.54) is 10.4 Å². The average Bonchev–Trinajstić information content (AvgIpc) is 2.69. The first-order valence-corrected chi connectivity index (χ1v) is 6.25. The van der Waals surface area contributed by atoms with Crippen LogP contribution in [0.25, 0.3) is 10.4 Å². The van der Waals surface area contributed by atoms with Crippen molar-refractivity contribution < 1.29 is 4.74 Å². The minimum atomic E-state index is -0.134. The van der Waals surface area contributed by atoms with Gasteiger partial charge in [-0.1, -0.05) is 6.07 Å². The maximum atomic E-state index is 5.78. The molecule has 2 heteroatoms. The fraction of sp³-hybridized carbons (Fsp3) is 0.286. The van der Waals surface area contributed by atoms with Gasteiger partial charge in [0, 0.05) is 4.88 Å². The van der Waals surface area contributed by atoms with Crippen LogP contribution in [0.1, 0.15) is 20.8 Å². The molecule has 1 heterocycles. The second-order valence-electron chi connectivity index (χ2n) is 4.72. The zero-order valence-electron chi connectivity index (χ0n) is 9.86. The van der Waals surface area contributed by atoms with E-state index in [1.54, 1.807) is 11.3 Å². The van der Waals surface area contributed by atoms with E-state index in [0.29, 0.717) is 0 Å². The molecule has 0 saturated carbocycles. The van der Waals surface area contributed by atoms with Gasteiger partial charge in [-0.15, -0.1) is 11.3 Å². The lowest BCUT2D eigenvalue weighted by atomic mass is 10.1. The van der Waals surface area contributed by atoms with E-state index in [2.05, 4.69) is 50.4 Å². The molecule has 0 N–H and O–H groups in total. The summed E-state index contributed by atoms with van der Waals surface area (Å²) in [6.07, 6.45) is 0. The van der Waals surface area contributed by atoms with E-state index in [-0.39, 0.29) is 5.60 Å². The van der Waals surface area contributed by atoms with Gasteiger partial charge in [0.1, 0.15) is 11.4 Å². The molecule has 84 valence electrons. The molecule has 0 unspecified atom stereocenters. The van der Waals surface area contributed by atoms with Gasteiger partial charge in [0.2, 0.25) is 0 Å². The Kier molecular flexibility index (Phi) is 3.01. The van der Waals surface area contributed by atoms with Crippen molar-refractivity contribution in [2.45, 2.75) is 26.4 Å². The second kappa shape index (κ2) is 4.30. The Morgan fingerprint density at radius 1 is 1.00 bits per heavy atom. The summed E-state index contributed by atoms with van der Waals surface area (Å²) < 4.78 is 5.78. The van der Waals surface area contributed by atoms with Crippen molar-refractivity contribution in [3.63, 3.8) is 0 Å². The number of hydrogen-bond acceptors (Lipinski definition) is 2. The molecule has 0 aliphatic heterocycles.